The van der Waals surface area contributed by atoms with Gasteiger partial charge >= 0.3 is 6.09 Å². The Hall–Kier alpha value is -2.64. The molecule has 4 rings (SSSR count). The molecule has 2 saturated heterocycles. The van der Waals surface area contributed by atoms with Gasteiger partial charge in [0.05, 0.1) is 5.52 Å². The number of hydrogen-bond acceptors (Lipinski definition) is 5. The maximum atomic E-state index is 12.9. The van der Waals surface area contributed by atoms with Crippen molar-refractivity contribution in [3.05, 3.63) is 23.8 Å². The molecule has 3 heterocycles. The number of hydrogen-bond donors (Lipinski definition) is 1. The van der Waals surface area contributed by atoms with E-state index in [4.69, 9.17) is 4.74 Å². The molecule has 2 aliphatic heterocycles. The third kappa shape index (κ3) is 3.61. The molecule has 2 aromatic rings. The highest BCUT2D eigenvalue weighted by atomic mass is 16.6. The van der Waals surface area contributed by atoms with Crippen molar-refractivity contribution in [3.8, 4) is 0 Å². The molecule has 1 aromatic carbocycles. The highest BCUT2D eigenvalue weighted by Crippen LogP contribution is 2.32. The number of piperidine rings is 1. The van der Waals surface area contributed by atoms with Crippen molar-refractivity contribution < 1.29 is 14.3 Å². The topological polar surface area (TPSA) is 91.4 Å². The maximum absolute atomic E-state index is 12.9. The number of fused-ring (bicyclic) bond motifs is 2. The second kappa shape index (κ2) is 6.51. The van der Waals surface area contributed by atoms with E-state index >= 15 is 0 Å². The van der Waals surface area contributed by atoms with Crippen LogP contribution in [0.4, 0.5) is 4.79 Å². The number of likely N-dealkylation sites (tertiary alicyclic amines) is 2. The van der Waals surface area contributed by atoms with Gasteiger partial charge in [0.1, 0.15) is 11.1 Å². The lowest BCUT2D eigenvalue weighted by molar-refractivity contribution is 0.0284. The molecule has 2 aliphatic rings. The van der Waals surface area contributed by atoms with Gasteiger partial charge in [0.2, 0.25) is 0 Å². The average Bonchev–Trinajstić information content (AvgIpc) is 3.24. The van der Waals surface area contributed by atoms with Crippen molar-refractivity contribution in [2.45, 2.75) is 32.8 Å². The van der Waals surface area contributed by atoms with Crippen LogP contribution in [0.15, 0.2) is 18.2 Å². The van der Waals surface area contributed by atoms with Crippen molar-refractivity contribution in [1.82, 2.24) is 25.2 Å². The van der Waals surface area contributed by atoms with E-state index in [0.29, 0.717) is 49.1 Å². The fourth-order valence-electron chi connectivity index (χ4n) is 3.99. The van der Waals surface area contributed by atoms with Gasteiger partial charge in [-0.15, -0.1) is 5.10 Å². The Labute approximate surface area is 157 Å². The van der Waals surface area contributed by atoms with Crippen LogP contribution in [0.2, 0.25) is 0 Å². The summed E-state index contributed by atoms with van der Waals surface area (Å²) in [7, 11) is 0. The summed E-state index contributed by atoms with van der Waals surface area (Å²) in [5.74, 6) is 0.736. The smallest absolute Gasteiger partial charge is 0.410 e. The first kappa shape index (κ1) is 17.8. The molecule has 0 radical (unpaired) electrons. The Balaban J connectivity index is 1.42. The van der Waals surface area contributed by atoms with E-state index in [0.717, 1.165) is 11.9 Å². The van der Waals surface area contributed by atoms with Gasteiger partial charge in [-0.05, 0) is 57.2 Å². The monoisotopic (exact) mass is 371 g/mol. The molecule has 27 heavy (non-hydrogen) atoms. The largest absolute Gasteiger partial charge is 0.444 e. The summed E-state index contributed by atoms with van der Waals surface area (Å²) >= 11 is 0. The number of carbonyl (C=O) groups is 2. The van der Waals surface area contributed by atoms with Gasteiger partial charge in [0.15, 0.2) is 0 Å². The minimum atomic E-state index is -0.493. The van der Waals surface area contributed by atoms with Crippen LogP contribution < -0.4 is 0 Å². The molecule has 2 atom stereocenters. The van der Waals surface area contributed by atoms with Crippen molar-refractivity contribution in [2.75, 3.05) is 26.2 Å². The van der Waals surface area contributed by atoms with Gasteiger partial charge in [0, 0.05) is 31.7 Å². The molecule has 0 spiro atoms. The first-order chi connectivity index (χ1) is 12.8. The Kier molecular flexibility index (Phi) is 4.28. The summed E-state index contributed by atoms with van der Waals surface area (Å²) in [4.78, 5) is 28.9. The van der Waals surface area contributed by atoms with Crippen molar-refractivity contribution in [2.24, 2.45) is 11.8 Å². The zero-order valence-corrected chi connectivity index (χ0v) is 15.9. The number of nitrogens with one attached hydrogen (secondary N) is 1. The number of rotatable bonds is 1. The molecule has 0 saturated carbocycles. The van der Waals surface area contributed by atoms with Crippen molar-refractivity contribution in [1.29, 1.82) is 0 Å². The molecule has 0 aliphatic carbocycles. The molecule has 8 heteroatoms. The quantitative estimate of drug-likeness (QED) is 0.830. The summed E-state index contributed by atoms with van der Waals surface area (Å²) in [5.41, 5.74) is 1.63. The predicted octanol–water partition coefficient (Wildman–Crippen LogP) is 2.29. The summed E-state index contributed by atoms with van der Waals surface area (Å²) in [5, 5.41) is 10.5. The lowest BCUT2D eigenvalue weighted by Gasteiger charge is -2.34. The first-order valence-electron chi connectivity index (χ1n) is 9.38. The van der Waals surface area contributed by atoms with Gasteiger partial charge in [-0.3, -0.25) is 9.89 Å². The summed E-state index contributed by atoms with van der Waals surface area (Å²) in [6.07, 6.45) is 0.647. The Morgan fingerprint density at radius 3 is 2.67 bits per heavy atom. The Morgan fingerprint density at radius 1 is 1.15 bits per heavy atom. The van der Waals surface area contributed by atoms with Crippen LogP contribution in [0, 0.1) is 11.8 Å². The molecule has 144 valence electrons. The molecule has 2 fully saturated rings. The van der Waals surface area contributed by atoms with Crippen LogP contribution in [0.3, 0.4) is 0 Å². The number of carbonyl (C=O) groups excluding carboxylic acids is 2. The van der Waals surface area contributed by atoms with Crippen LogP contribution in [0.25, 0.3) is 11.0 Å². The lowest BCUT2D eigenvalue weighted by atomic mass is 9.88. The summed E-state index contributed by atoms with van der Waals surface area (Å²) in [6, 6.07) is 5.41. The maximum Gasteiger partial charge on any atom is 0.410 e. The van der Waals surface area contributed by atoms with Gasteiger partial charge in [0.25, 0.3) is 5.91 Å². The van der Waals surface area contributed by atoms with E-state index in [-0.39, 0.29) is 12.0 Å². The molecular weight excluding hydrogens is 346 g/mol. The zero-order chi connectivity index (χ0) is 19.2. The Morgan fingerprint density at radius 2 is 1.89 bits per heavy atom. The normalized spacial score (nSPS) is 22.8. The van der Waals surface area contributed by atoms with Crippen LogP contribution in [0.1, 0.15) is 37.6 Å². The van der Waals surface area contributed by atoms with E-state index in [1.165, 1.54) is 0 Å². The fourth-order valence-corrected chi connectivity index (χ4v) is 3.99. The first-order valence-corrected chi connectivity index (χ1v) is 9.38. The second-order valence-electron chi connectivity index (χ2n) is 8.49. The van der Waals surface area contributed by atoms with Gasteiger partial charge in [-0.1, -0.05) is 5.21 Å². The molecule has 0 bridgehead atoms. The number of aromatic amines is 1. The van der Waals surface area contributed by atoms with E-state index < -0.39 is 5.60 Å². The van der Waals surface area contributed by atoms with Crippen LogP contribution in [-0.4, -0.2) is 69.0 Å². The highest BCUT2D eigenvalue weighted by molar-refractivity contribution is 5.97. The van der Waals surface area contributed by atoms with Crippen LogP contribution in [0.5, 0.6) is 0 Å². The summed E-state index contributed by atoms with van der Waals surface area (Å²) < 4.78 is 5.50. The number of nitrogens with zero attached hydrogens (tertiary/aromatic N) is 4. The number of H-pyrrole nitrogens is 1. The standard InChI is InChI=1S/C19H25N5O3/c1-19(2,3)27-18(26)24-9-13-6-7-23(10-14(13)11-24)17(25)12-4-5-15-16(8-12)21-22-20-15/h4-5,8,13-14H,6-7,9-11H2,1-3H3,(H,20,21,22). The number of ether oxygens (including phenoxy) is 1. The number of amides is 2. The molecular formula is C19H25N5O3. The van der Waals surface area contributed by atoms with E-state index in [1.807, 2.05) is 31.7 Å². The van der Waals surface area contributed by atoms with E-state index in [9.17, 15) is 9.59 Å². The van der Waals surface area contributed by atoms with Gasteiger partial charge in [-0.25, -0.2) is 4.79 Å². The van der Waals surface area contributed by atoms with Gasteiger partial charge in [-0.2, -0.15) is 0 Å². The fraction of sp³-hybridized carbons (Fsp3) is 0.579. The number of aromatic nitrogens is 3. The third-order valence-electron chi connectivity index (χ3n) is 5.31. The average molecular weight is 371 g/mol. The highest BCUT2D eigenvalue weighted by Gasteiger charge is 2.41. The van der Waals surface area contributed by atoms with Crippen LogP contribution >= 0.6 is 0 Å². The van der Waals surface area contributed by atoms with E-state index in [2.05, 4.69) is 15.4 Å². The van der Waals surface area contributed by atoms with Crippen LogP contribution in [-0.2, 0) is 4.74 Å². The van der Waals surface area contributed by atoms with Crippen molar-refractivity contribution in [3.63, 3.8) is 0 Å². The lowest BCUT2D eigenvalue weighted by Crippen LogP contribution is -2.43. The molecule has 2 unspecified atom stereocenters. The second-order valence-corrected chi connectivity index (χ2v) is 8.49. The predicted molar refractivity (Wildman–Crippen MR) is 99.2 cm³/mol. The molecule has 8 nitrogen and oxygen atoms in total. The zero-order valence-electron chi connectivity index (χ0n) is 15.9. The molecule has 1 N–H and O–H groups in total. The SMILES string of the molecule is CC(C)(C)OC(=O)N1CC2CCN(C(=O)c3ccc4[nH]nnc4c3)CC2C1. The Bertz CT molecular complexity index is 872. The van der Waals surface area contributed by atoms with E-state index in [1.54, 1.807) is 17.0 Å². The third-order valence-corrected chi connectivity index (χ3v) is 5.31. The minimum Gasteiger partial charge on any atom is -0.444 e. The summed E-state index contributed by atoms with van der Waals surface area (Å²) in [6.45, 7) is 8.36. The number of benzene rings is 1. The minimum absolute atomic E-state index is 0.00840. The van der Waals surface area contributed by atoms with Gasteiger partial charge < -0.3 is 14.5 Å². The molecule has 1 aromatic heterocycles. The van der Waals surface area contributed by atoms with Crippen molar-refractivity contribution >= 4 is 23.0 Å². The molecule has 2 amide bonds.